The summed E-state index contributed by atoms with van der Waals surface area (Å²) in [5.41, 5.74) is 0.361. The molecule has 1 nitrogen and oxygen atoms in total. The van der Waals surface area contributed by atoms with Crippen molar-refractivity contribution in [3.8, 4) is 0 Å². The van der Waals surface area contributed by atoms with Crippen LogP contribution in [0.4, 0.5) is 0 Å². The summed E-state index contributed by atoms with van der Waals surface area (Å²) in [4.78, 5) is 0. The van der Waals surface area contributed by atoms with Crippen LogP contribution in [0.25, 0.3) is 0 Å². The molecule has 0 aromatic heterocycles. The fourth-order valence-electron chi connectivity index (χ4n) is 0.552. The van der Waals surface area contributed by atoms with E-state index in [0.717, 1.165) is 13.1 Å². The zero-order valence-electron chi connectivity index (χ0n) is 4.12. The van der Waals surface area contributed by atoms with Crippen molar-refractivity contribution in [2.24, 2.45) is 5.41 Å². The van der Waals surface area contributed by atoms with Crippen molar-refractivity contribution in [1.29, 1.82) is 0 Å². The Balaban J connectivity index is 2.31. The number of hydrogen-bond acceptors (Lipinski definition) is 1. The topological polar surface area (TPSA) is 12.0 Å². The highest BCUT2D eigenvalue weighted by Crippen LogP contribution is 2.17. The Bertz CT molecular complexity index is 51.0. The molecule has 1 fully saturated rings. The van der Waals surface area contributed by atoms with Crippen LogP contribution in [0.15, 0.2) is 0 Å². The van der Waals surface area contributed by atoms with Gasteiger partial charge in [-0.2, -0.15) is 0 Å². The van der Waals surface area contributed by atoms with Crippen molar-refractivity contribution >= 4 is 0 Å². The van der Waals surface area contributed by atoms with E-state index >= 15 is 0 Å². The SMILES string of the molecule is [CH2]C1(C)CNC1. The predicted octanol–water partition coefficient (Wildman–Crippen LogP) is 0.430. The summed E-state index contributed by atoms with van der Waals surface area (Å²) in [6.07, 6.45) is 0. The lowest BCUT2D eigenvalue weighted by Crippen LogP contribution is -2.49. The highest BCUT2D eigenvalue weighted by molar-refractivity contribution is 4.89. The average molecular weight is 84.1 g/mol. The first-order valence-electron chi connectivity index (χ1n) is 2.27. The second-order valence-electron chi connectivity index (χ2n) is 2.41. The molecule has 0 unspecified atom stereocenters. The Morgan fingerprint density at radius 1 is 1.67 bits per heavy atom. The first kappa shape index (κ1) is 4.13. The van der Waals surface area contributed by atoms with E-state index in [1.54, 1.807) is 0 Å². The molecule has 1 saturated heterocycles. The van der Waals surface area contributed by atoms with Crippen molar-refractivity contribution in [3.63, 3.8) is 0 Å². The zero-order valence-corrected chi connectivity index (χ0v) is 4.12. The van der Waals surface area contributed by atoms with Gasteiger partial charge in [0.25, 0.3) is 0 Å². The third kappa shape index (κ3) is 0.548. The molecule has 1 rings (SSSR count). The van der Waals surface area contributed by atoms with Crippen LogP contribution in [-0.2, 0) is 0 Å². The average Bonchev–Trinajstić information content (AvgIpc) is 1.32. The van der Waals surface area contributed by atoms with E-state index in [1.165, 1.54) is 0 Å². The van der Waals surface area contributed by atoms with Gasteiger partial charge in [0.1, 0.15) is 0 Å². The minimum atomic E-state index is 0.361. The molecule has 1 heterocycles. The molecule has 1 aliphatic heterocycles. The van der Waals surface area contributed by atoms with Crippen LogP contribution in [0.5, 0.6) is 0 Å². The van der Waals surface area contributed by atoms with Crippen LogP contribution in [0, 0.1) is 12.3 Å². The molecule has 0 saturated carbocycles. The molecule has 0 amide bonds. The summed E-state index contributed by atoms with van der Waals surface area (Å²) in [6.45, 7) is 8.25. The Morgan fingerprint density at radius 2 is 2.00 bits per heavy atom. The molecule has 0 aromatic carbocycles. The fourth-order valence-corrected chi connectivity index (χ4v) is 0.552. The number of rotatable bonds is 0. The monoisotopic (exact) mass is 84.1 g/mol. The van der Waals surface area contributed by atoms with Gasteiger partial charge in [0.15, 0.2) is 0 Å². The van der Waals surface area contributed by atoms with Crippen molar-refractivity contribution in [2.45, 2.75) is 6.92 Å². The molecule has 1 N–H and O–H groups in total. The first-order chi connectivity index (χ1) is 2.71. The van der Waals surface area contributed by atoms with Crippen LogP contribution in [0.2, 0.25) is 0 Å². The fraction of sp³-hybridized carbons (Fsp3) is 0.800. The van der Waals surface area contributed by atoms with Crippen molar-refractivity contribution < 1.29 is 0 Å². The molecule has 0 aromatic rings. The summed E-state index contributed by atoms with van der Waals surface area (Å²) in [5.74, 6) is 0. The van der Waals surface area contributed by atoms with Gasteiger partial charge >= 0.3 is 0 Å². The van der Waals surface area contributed by atoms with E-state index in [1.807, 2.05) is 0 Å². The normalized spacial score (nSPS) is 29.0. The summed E-state index contributed by atoms with van der Waals surface area (Å²) < 4.78 is 0. The molecule has 0 spiro atoms. The highest BCUT2D eigenvalue weighted by Gasteiger charge is 2.24. The van der Waals surface area contributed by atoms with Gasteiger partial charge in [0.2, 0.25) is 0 Å². The lowest BCUT2D eigenvalue weighted by atomic mass is 9.87. The molecule has 1 aliphatic rings. The predicted molar refractivity (Wildman–Crippen MR) is 26.3 cm³/mol. The largest absolute Gasteiger partial charge is 0.316 e. The van der Waals surface area contributed by atoms with Crippen molar-refractivity contribution in [1.82, 2.24) is 5.32 Å². The molecule has 0 bridgehead atoms. The van der Waals surface area contributed by atoms with E-state index in [-0.39, 0.29) is 0 Å². The minimum absolute atomic E-state index is 0.361. The van der Waals surface area contributed by atoms with Crippen molar-refractivity contribution in [3.05, 3.63) is 6.92 Å². The van der Waals surface area contributed by atoms with Gasteiger partial charge in [0.05, 0.1) is 0 Å². The van der Waals surface area contributed by atoms with E-state index in [4.69, 9.17) is 0 Å². The second kappa shape index (κ2) is 0.969. The number of hydrogen-bond donors (Lipinski definition) is 1. The molecular formula is C5H10N. The van der Waals surface area contributed by atoms with Crippen LogP contribution < -0.4 is 5.32 Å². The standard InChI is InChI=1S/C5H10N/c1-5(2)3-6-4-5/h6H,1,3-4H2,2H3. The smallest absolute Gasteiger partial charge is 0.00176 e. The van der Waals surface area contributed by atoms with Crippen LogP contribution in [0.1, 0.15) is 6.92 Å². The highest BCUT2D eigenvalue weighted by atomic mass is 15.0. The van der Waals surface area contributed by atoms with Crippen molar-refractivity contribution in [2.75, 3.05) is 13.1 Å². The van der Waals surface area contributed by atoms with Crippen LogP contribution >= 0.6 is 0 Å². The minimum Gasteiger partial charge on any atom is -0.316 e. The lowest BCUT2D eigenvalue weighted by Gasteiger charge is -2.34. The van der Waals surface area contributed by atoms with Gasteiger partial charge in [-0.05, 0) is 12.3 Å². The zero-order chi connectivity index (χ0) is 4.62. The second-order valence-corrected chi connectivity index (χ2v) is 2.41. The van der Waals surface area contributed by atoms with Gasteiger partial charge in [-0.1, -0.05) is 6.92 Å². The molecule has 35 valence electrons. The van der Waals surface area contributed by atoms with E-state index < -0.39 is 0 Å². The van der Waals surface area contributed by atoms with Gasteiger partial charge in [-0.25, -0.2) is 0 Å². The maximum Gasteiger partial charge on any atom is 0.00176 e. The van der Waals surface area contributed by atoms with Crippen LogP contribution in [-0.4, -0.2) is 13.1 Å². The van der Waals surface area contributed by atoms with E-state index in [0.29, 0.717) is 5.41 Å². The summed E-state index contributed by atoms with van der Waals surface area (Å²) in [6, 6.07) is 0. The Kier molecular flexibility index (Phi) is 0.667. The third-order valence-electron chi connectivity index (χ3n) is 1.10. The molecule has 1 heteroatoms. The van der Waals surface area contributed by atoms with E-state index in [2.05, 4.69) is 19.2 Å². The molecule has 1 radical (unpaired) electrons. The first-order valence-corrected chi connectivity index (χ1v) is 2.27. The molecule has 0 atom stereocenters. The molecule has 0 aliphatic carbocycles. The third-order valence-corrected chi connectivity index (χ3v) is 1.10. The summed E-state index contributed by atoms with van der Waals surface area (Å²) >= 11 is 0. The quantitative estimate of drug-likeness (QED) is 0.449. The summed E-state index contributed by atoms with van der Waals surface area (Å²) in [5, 5.41) is 3.14. The van der Waals surface area contributed by atoms with E-state index in [9.17, 15) is 0 Å². The van der Waals surface area contributed by atoms with Crippen LogP contribution in [0.3, 0.4) is 0 Å². The van der Waals surface area contributed by atoms with Gasteiger partial charge in [0, 0.05) is 13.1 Å². The lowest BCUT2D eigenvalue weighted by molar-refractivity contribution is 0.265. The Hall–Kier alpha value is -0.0400. The maximum atomic E-state index is 3.91. The van der Waals surface area contributed by atoms with Gasteiger partial charge in [-0.3, -0.25) is 0 Å². The Labute approximate surface area is 38.7 Å². The Morgan fingerprint density at radius 3 is 2.00 bits per heavy atom. The molecule has 6 heavy (non-hydrogen) atoms. The number of nitrogens with one attached hydrogen (secondary N) is 1. The molecular weight excluding hydrogens is 74.1 g/mol. The maximum absolute atomic E-state index is 3.91. The summed E-state index contributed by atoms with van der Waals surface area (Å²) in [7, 11) is 0. The van der Waals surface area contributed by atoms with Gasteiger partial charge < -0.3 is 5.32 Å². The van der Waals surface area contributed by atoms with Gasteiger partial charge in [-0.15, -0.1) is 0 Å².